The summed E-state index contributed by atoms with van der Waals surface area (Å²) in [5.41, 5.74) is 0. The smallest absolute Gasteiger partial charge is 0.0994 e. The van der Waals surface area contributed by atoms with Crippen molar-refractivity contribution >= 4 is 46.4 Å². The molecule has 1 saturated carbocycles. The van der Waals surface area contributed by atoms with E-state index < -0.39 is 15.7 Å². The first kappa shape index (κ1) is 13.3. The van der Waals surface area contributed by atoms with Gasteiger partial charge in [-0.15, -0.1) is 23.2 Å². The Morgan fingerprint density at radius 1 is 1.18 bits per heavy atom. The quantitative estimate of drug-likeness (QED) is 0.721. The Morgan fingerprint density at radius 3 is 2.29 bits per heavy atom. The second kappa shape index (κ2) is 4.22. The molecule has 0 aliphatic heterocycles. The second-order valence-corrected chi connectivity index (χ2v) is 6.54. The highest BCUT2D eigenvalue weighted by atomic mass is 35.5. The van der Waals surface area contributed by atoms with Crippen LogP contribution in [0.3, 0.4) is 0 Å². The van der Waals surface area contributed by atoms with E-state index in [0.29, 0.717) is 24.3 Å². The van der Waals surface area contributed by atoms with Gasteiger partial charge in [0.1, 0.15) is 0 Å². The van der Waals surface area contributed by atoms with E-state index in [9.17, 15) is 5.26 Å². The molecule has 2 bridgehead atoms. The first-order chi connectivity index (χ1) is 7.91. The number of fused-ring (bicyclic) bond motifs is 2. The zero-order valence-corrected chi connectivity index (χ0v) is 11.7. The number of rotatable bonds is 2. The Balaban J connectivity index is 2.45. The molecule has 0 saturated heterocycles. The molecular weight excluding hydrogens is 302 g/mol. The fourth-order valence-electron chi connectivity index (χ4n) is 2.83. The summed E-state index contributed by atoms with van der Waals surface area (Å²) in [6, 6.07) is 4.22. The Hall–Kier alpha value is -0.120. The van der Waals surface area contributed by atoms with Crippen LogP contribution in [0.5, 0.6) is 0 Å². The minimum atomic E-state index is -0.977. The molecule has 2 aliphatic rings. The lowest BCUT2D eigenvalue weighted by molar-refractivity contribution is 0.372. The largest absolute Gasteiger partial charge is 0.198 e. The van der Waals surface area contributed by atoms with Crippen molar-refractivity contribution in [2.75, 3.05) is 0 Å². The topological polar surface area (TPSA) is 47.6 Å². The third kappa shape index (κ3) is 1.59. The van der Waals surface area contributed by atoms with E-state index in [2.05, 4.69) is 12.1 Å². The maximum absolute atomic E-state index is 9.24. The van der Waals surface area contributed by atoms with Crippen LogP contribution in [0.4, 0.5) is 0 Å². The minimum absolute atomic E-state index is 0.221. The van der Waals surface area contributed by atoms with Crippen LogP contribution in [0.15, 0.2) is 10.1 Å². The van der Waals surface area contributed by atoms with Crippen LogP contribution in [0.25, 0.3) is 0 Å². The standard InChI is InChI=1S/C11H8Cl4N2/c12-8-9(13)11(15)5-10(8,14)6(2-1-3-16)7(11)4-17/h6-7H,1-2,5H2/t6-,7+,10-,11+/m1/s1. The molecule has 0 unspecified atom stereocenters. The van der Waals surface area contributed by atoms with Gasteiger partial charge < -0.3 is 0 Å². The molecule has 0 aromatic rings. The molecule has 4 atom stereocenters. The van der Waals surface area contributed by atoms with Crippen LogP contribution in [0.1, 0.15) is 19.3 Å². The van der Waals surface area contributed by atoms with E-state index >= 15 is 0 Å². The average Bonchev–Trinajstić information content (AvgIpc) is 2.62. The number of hydrogen-bond donors (Lipinski definition) is 0. The van der Waals surface area contributed by atoms with Crippen LogP contribution in [0.2, 0.25) is 0 Å². The van der Waals surface area contributed by atoms with Gasteiger partial charge in [-0.3, -0.25) is 0 Å². The van der Waals surface area contributed by atoms with Crippen molar-refractivity contribution in [2.24, 2.45) is 11.8 Å². The van der Waals surface area contributed by atoms with Crippen LogP contribution in [0, 0.1) is 34.5 Å². The predicted octanol–water partition coefficient (Wildman–Crippen LogP) is 4.11. The molecule has 0 radical (unpaired) electrons. The molecule has 6 heteroatoms. The summed E-state index contributed by atoms with van der Waals surface area (Å²) >= 11 is 25.1. The molecule has 2 rings (SSSR count). The van der Waals surface area contributed by atoms with Crippen molar-refractivity contribution in [1.29, 1.82) is 10.5 Å². The van der Waals surface area contributed by atoms with Gasteiger partial charge in [-0.2, -0.15) is 10.5 Å². The van der Waals surface area contributed by atoms with Crippen LogP contribution < -0.4 is 0 Å². The zero-order chi connectivity index (χ0) is 12.8. The summed E-state index contributed by atoms with van der Waals surface area (Å²) in [5.74, 6) is -0.716. The predicted molar refractivity (Wildman–Crippen MR) is 68.0 cm³/mol. The van der Waals surface area contributed by atoms with Gasteiger partial charge in [0, 0.05) is 12.3 Å². The van der Waals surface area contributed by atoms with Crippen molar-refractivity contribution in [1.82, 2.24) is 0 Å². The van der Waals surface area contributed by atoms with Gasteiger partial charge in [0.15, 0.2) is 0 Å². The monoisotopic (exact) mass is 308 g/mol. The molecule has 0 amide bonds. The lowest BCUT2D eigenvalue weighted by atomic mass is 9.80. The molecule has 2 nitrogen and oxygen atoms in total. The van der Waals surface area contributed by atoms with E-state index in [4.69, 9.17) is 51.7 Å². The van der Waals surface area contributed by atoms with Crippen molar-refractivity contribution < 1.29 is 0 Å². The fourth-order valence-corrected chi connectivity index (χ4v) is 4.77. The first-order valence-corrected chi connectivity index (χ1v) is 6.63. The Bertz CT molecular complexity index is 475. The van der Waals surface area contributed by atoms with Gasteiger partial charge >= 0.3 is 0 Å². The number of nitrogens with zero attached hydrogens (tertiary/aromatic N) is 2. The van der Waals surface area contributed by atoms with Crippen molar-refractivity contribution in [3.05, 3.63) is 10.1 Å². The molecule has 0 aromatic heterocycles. The van der Waals surface area contributed by atoms with E-state index in [-0.39, 0.29) is 11.0 Å². The SMILES string of the molecule is N#CCC[C@@H]1[C@H](C#N)[C@@]2(Cl)C[C@]1(Cl)C(Cl)=C2Cl. The van der Waals surface area contributed by atoms with Gasteiger partial charge in [0.05, 0.1) is 37.9 Å². The number of alkyl halides is 2. The molecule has 0 N–H and O–H groups in total. The second-order valence-electron chi connectivity index (χ2n) is 4.44. The Labute approximate surface area is 120 Å². The molecule has 0 heterocycles. The maximum atomic E-state index is 9.24. The van der Waals surface area contributed by atoms with Crippen molar-refractivity contribution in [3.8, 4) is 12.1 Å². The summed E-state index contributed by atoms with van der Waals surface area (Å²) in [4.78, 5) is -1.85. The summed E-state index contributed by atoms with van der Waals surface area (Å²) < 4.78 is 0. The Morgan fingerprint density at radius 2 is 1.76 bits per heavy atom. The molecule has 0 aromatic carbocycles. The summed E-state index contributed by atoms with van der Waals surface area (Å²) in [6.45, 7) is 0. The zero-order valence-electron chi connectivity index (χ0n) is 8.68. The van der Waals surface area contributed by atoms with Gasteiger partial charge in [0.25, 0.3) is 0 Å². The highest BCUT2D eigenvalue weighted by Crippen LogP contribution is 2.68. The first-order valence-electron chi connectivity index (χ1n) is 5.12. The molecule has 90 valence electrons. The normalized spacial score (nSPS) is 43.6. The van der Waals surface area contributed by atoms with E-state index in [1.807, 2.05) is 0 Å². The molecule has 17 heavy (non-hydrogen) atoms. The summed E-state index contributed by atoms with van der Waals surface area (Å²) in [6.07, 6.45) is 1.19. The third-order valence-corrected chi connectivity index (χ3v) is 6.13. The van der Waals surface area contributed by atoms with E-state index in [1.165, 1.54) is 0 Å². The van der Waals surface area contributed by atoms with E-state index in [0.717, 1.165) is 0 Å². The highest BCUT2D eigenvalue weighted by Gasteiger charge is 2.68. The average molecular weight is 310 g/mol. The molecule has 0 spiro atoms. The van der Waals surface area contributed by atoms with Crippen molar-refractivity contribution in [3.63, 3.8) is 0 Å². The fraction of sp³-hybridized carbons (Fsp3) is 0.636. The summed E-state index contributed by atoms with van der Waals surface area (Å²) in [5, 5.41) is 18.5. The number of allylic oxidation sites excluding steroid dienone is 2. The number of nitriles is 2. The van der Waals surface area contributed by atoms with Gasteiger partial charge in [0.2, 0.25) is 0 Å². The minimum Gasteiger partial charge on any atom is -0.198 e. The molecular formula is C11H8Cl4N2. The lowest BCUT2D eigenvalue weighted by Crippen LogP contribution is -2.35. The van der Waals surface area contributed by atoms with Gasteiger partial charge in [-0.05, 0) is 12.8 Å². The number of halogens is 4. The van der Waals surface area contributed by atoms with Gasteiger partial charge in [-0.1, -0.05) is 23.2 Å². The highest BCUT2D eigenvalue weighted by molar-refractivity contribution is 6.51. The Kier molecular flexibility index (Phi) is 3.30. The van der Waals surface area contributed by atoms with Crippen LogP contribution in [-0.4, -0.2) is 9.75 Å². The molecule has 1 fully saturated rings. The summed E-state index contributed by atoms with van der Waals surface area (Å²) in [7, 11) is 0. The number of hydrogen-bond acceptors (Lipinski definition) is 2. The molecule has 2 aliphatic carbocycles. The van der Waals surface area contributed by atoms with Crippen molar-refractivity contribution in [2.45, 2.75) is 29.0 Å². The van der Waals surface area contributed by atoms with Crippen LogP contribution in [-0.2, 0) is 0 Å². The maximum Gasteiger partial charge on any atom is 0.0994 e. The van der Waals surface area contributed by atoms with E-state index in [1.54, 1.807) is 0 Å². The van der Waals surface area contributed by atoms with Crippen LogP contribution >= 0.6 is 46.4 Å². The third-order valence-electron chi connectivity index (χ3n) is 3.63. The lowest BCUT2D eigenvalue weighted by Gasteiger charge is -2.33. The van der Waals surface area contributed by atoms with Gasteiger partial charge in [-0.25, -0.2) is 0 Å².